The minimum atomic E-state index is -0.547. The van der Waals surface area contributed by atoms with Gasteiger partial charge in [-0.05, 0) is 30.3 Å². The maximum absolute atomic E-state index is 12.7. The number of morpholine rings is 1. The minimum absolute atomic E-state index is 0.120. The quantitative estimate of drug-likeness (QED) is 0.686. The first-order chi connectivity index (χ1) is 13.1. The molecule has 27 heavy (non-hydrogen) atoms. The second-order valence-corrected chi connectivity index (χ2v) is 7.15. The number of para-hydroxylation sites is 2. The molecule has 1 aliphatic heterocycles. The first-order valence-electron chi connectivity index (χ1n) is 8.62. The summed E-state index contributed by atoms with van der Waals surface area (Å²) in [6.45, 7) is 2.71. The number of hydrogen-bond donors (Lipinski definition) is 1. The first-order valence-corrected chi connectivity index (χ1v) is 9.41. The van der Waals surface area contributed by atoms with Gasteiger partial charge in [-0.25, -0.2) is 4.79 Å². The van der Waals surface area contributed by atoms with E-state index in [0.717, 1.165) is 23.2 Å². The molecule has 0 saturated carbocycles. The fraction of sp³-hybridized carbons (Fsp3) is 0.263. The highest BCUT2D eigenvalue weighted by Gasteiger charge is 2.18. The van der Waals surface area contributed by atoms with Gasteiger partial charge in [0.05, 0.1) is 30.1 Å². The van der Waals surface area contributed by atoms with Crippen molar-refractivity contribution in [2.24, 2.45) is 0 Å². The highest BCUT2D eigenvalue weighted by molar-refractivity contribution is 9.10. The third-order valence-electron chi connectivity index (χ3n) is 4.46. The van der Waals surface area contributed by atoms with Crippen molar-refractivity contribution in [1.82, 2.24) is 4.57 Å². The van der Waals surface area contributed by atoms with Gasteiger partial charge < -0.3 is 19.4 Å². The van der Waals surface area contributed by atoms with Crippen LogP contribution in [0.1, 0.15) is 0 Å². The van der Waals surface area contributed by atoms with E-state index in [2.05, 4.69) is 26.1 Å². The van der Waals surface area contributed by atoms with Crippen molar-refractivity contribution in [3.8, 4) is 0 Å². The van der Waals surface area contributed by atoms with Crippen molar-refractivity contribution in [3.05, 3.63) is 57.5 Å². The second-order valence-electron chi connectivity index (χ2n) is 6.23. The maximum Gasteiger partial charge on any atom is 0.420 e. The second kappa shape index (κ2) is 7.58. The molecule has 2 aromatic carbocycles. The molecule has 1 aromatic heterocycles. The number of nitrogens with one attached hydrogen (secondary N) is 1. The van der Waals surface area contributed by atoms with Crippen molar-refractivity contribution in [2.45, 2.75) is 6.54 Å². The lowest BCUT2D eigenvalue weighted by molar-refractivity contribution is -0.116. The number of oxazole rings is 1. The average Bonchev–Trinajstić information content (AvgIpc) is 2.98. The summed E-state index contributed by atoms with van der Waals surface area (Å²) in [6, 6.07) is 12.8. The fourth-order valence-corrected chi connectivity index (χ4v) is 3.55. The molecule has 3 aromatic rings. The molecule has 0 bridgehead atoms. The normalized spacial score (nSPS) is 14.5. The Morgan fingerprint density at radius 3 is 2.74 bits per heavy atom. The van der Waals surface area contributed by atoms with E-state index in [0.29, 0.717) is 30.0 Å². The SMILES string of the molecule is O=C(Cn1c(=O)oc2ccccc21)Nc1cc(Br)ccc1N1CCOCC1. The molecule has 0 unspecified atom stereocenters. The van der Waals surface area contributed by atoms with E-state index in [1.165, 1.54) is 4.57 Å². The predicted octanol–water partition coefficient (Wildman–Crippen LogP) is 2.83. The van der Waals surface area contributed by atoms with Crippen molar-refractivity contribution in [3.63, 3.8) is 0 Å². The minimum Gasteiger partial charge on any atom is -0.408 e. The molecule has 1 fully saturated rings. The summed E-state index contributed by atoms with van der Waals surface area (Å²) in [5.41, 5.74) is 2.68. The Hall–Kier alpha value is -2.58. The molecule has 4 rings (SSSR count). The number of anilines is 2. The zero-order chi connectivity index (χ0) is 18.8. The molecular formula is C19H18BrN3O4. The van der Waals surface area contributed by atoms with E-state index in [-0.39, 0.29) is 12.5 Å². The summed E-state index contributed by atoms with van der Waals surface area (Å²) in [5.74, 6) is -0.842. The lowest BCUT2D eigenvalue weighted by Gasteiger charge is -2.30. The van der Waals surface area contributed by atoms with Gasteiger partial charge in [-0.15, -0.1) is 0 Å². The molecule has 1 N–H and O–H groups in total. The van der Waals surface area contributed by atoms with Gasteiger partial charge in [-0.3, -0.25) is 9.36 Å². The monoisotopic (exact) mass is 431 g/mol. The van der Waals surface area contributed by atoms with Crippen molar-refractivity contribution in [1.29, 1.82) is 0 Å². The van der Waals surface area contributed by atoms with Gasteiger partial charge in [-0.1, -0.05) is 28.1 Å². The van der Waals surface area contributed by atoms with Gasteiger partial charge >= 0.3 is 5.76 Å². The van der Waals surface area contributed by atoms with Gasteiger partial charge in [0.15, 0.2) is 5.58 Å². The summed E-state index contributed by atoms with van der Waals surface area (Å²) in [5, 5.41) is 2.93. The molecule has 0 spiro atoms. The third-order valence-corrected chi connectivity index (χ3v) is 4.95. The molecule has 1 saturated heterocycles. The molecule has 7 nitrogen and oxygen atoms in total. The Balaban J connectivity index is 1.58. The molecule has 2 heterocycles. The maximum atomic E-state index is 12.7. The number of hydrogen-bond acceptors (Lipinski definition) is 5. The van der Waals surface area contributed by atoms with Crippen LogP contribution >= 0.6 is 15.9 Å². The number of benzene rings is 2. The van der Waals surface area contributed by atoms with Crippen LogP contribution in [0.4, 0.5) is 11.4 Å². The van der Waals surface area contributed by atoms with Crippen LogP contribution in [0, 0.1) is 0 Å². The number of carbonyl (C=O) groups is 1. The molecule has 0 aliphatic carbocycles. The lowest BCUT2D eigenvalue weighted by Crippen LogP contribution is -2.37. The molecule has 140 valence electrons. The molecule has 0 atom stereocenters. The molecule has 8 heteroatoms. The van der Waals surface area contributed by atoms with Crippen molar-refractivity contribution >= 4 is 44.3 Å². The van der Waals surface area contributed by atoms with E-state index in [4.69, 9.17) is 9.15 Å². The highest BCUT2D eigenvalue weighted by Crippen LogP contribution is 2.30. The van der Waals surface area contributed by atoms with Gasteiger partial charge in [-0.2, -0.15) is 0 Å². The average molecular weight is 432 g/mol. The standard InChI is InChI=1S/C19H18BrN3O4/c20-13-5-6-15(22-7-9-26-10-8-22)14(11-13)21-18(24)12-23-16-3-1-2-4-17(16)27-19(23)25/h1-6,11H,7-10,12H2,(H,21,24). The zero-order valence-corrected chi connectivity index (χ0v) is 16.1. The Labute approximate surface area is 163 Å². The van der Waals surface area contributed by atoms with E-state index in [1.807, 2.05) is 18.2 Å². The summed E-state index contributed by atoms with van der Waals surface area (Å²) in [4.78, 5) is 26.9. The fourth-order valence-electron chi connectivity index (χ4n) is 3.19. The predicted molar refractivity (Wildman–Crippen MR) is 106 cm³/mol. The van der Waals surface area contributed by atoms with Crippen molar-refractivity contribution in [2.75, 3.05) is 36.5 Å². The van der Waals surface area contributed by atoms with Crippen LogP contribution in [0.2, 0.25) is 0 Å². The first kappa shape index (κ1) is 17.8. The van der Waals surface area contributed by atoms with Gasteiger partial charge in [0.25, 0.3) is 0 Å². The van der Waals surface area contributed by atoms with E-state index >= 15 is 0 Å². The molecule has 1 aliphatic rings. The van der Waals surface area contributed by atoms with Crippen LogP contribution in [0.5, 0.6) is 0 Å². The number of amides is 1. The van der Waals surface area contributed by atoms with Crippen LogP contribution in [0.15, 0.2) is 56.1 Å². The van der Waals surface area contributed by atoms with E-state index in [9.17, 15) is 9.59 Å². The summed E-state index contributed by atoms with van der Waals surface area (Å²) >= 11 is 3.45. The number of fused-ring (bicyclic) bond motifs is 1. The Morgan fingerprint density at radius 1 is 1.15 bits per heavy atom. The summed E-state index contributed by atoms with van der Waals surface area (Å²) < 4.78 is 12.8. The number of aromatic nitrogens is 1. The zero-order valence-electron chi connectivity index (χ0n) is 14.5. The molecule has 0 radical (unpaired) electrons. The topological polar surface area (TPSA) is 76.7 Å². The number of carbonyl (C=O) groups excluding carboxylic acids is 1. The van der Waals surface area contributed by atoms with Crippen LogP contribution in [-0.4, -0.2) is 36.8 Å². The summed E-state index contributed by atoms with van der Waals surface area (Å²) in [7, 11) is 0. The van der Waals surface area contributed by atoms with Crippen LogP contribution in [0.25, 0.3) is 11.1 Å². The van der Waals surface area contributed by atoms with Gasteiger partial charge in [0.2, 0.25) is 5.91 Å². The van der Waals surface area contributed by atoms with Gasteiger partial charge in [0.1, 0.15) is 6.54 Å². The number of nitrogens with zero attached hydrogens (tertiary/aromatic N) is 2. The Kier molecular flexibility index (Phi) is 5.00. The Bertz CT molecular complexity index is 1040. The van der Waals surface area contributed by atoms with Crippen LogP contribution in [0.3, 0.4) is 0 Å². The summed E-state index contributed by atoms with van der Waals surface area (Å²) in [6.07, 6.45) is 0. The Morgan fingerprint density at radius 2 is 1.93 bits per heavy atom. The van der Waals surface area contributed by atoms with Crippen molar-refractivity contribution < 1.29 is 13.9 Å². The lowest BCUT2D eigenvalue weighted by atomic mass is 10.2. The smallest absolute Gasteiger partial charge is 0.408 e. The van der Waals surface area contributed by atoms with E-state index in [1.54, 1.807) is 24.3 Å². The van der Waals surface area contributed by atoms with Crippen LogP contribution in [-0.2, 0) is 16.1 Å². The third kappa shape index (κ3) is 3.77. The van der Waals surface area contributed by atoms with Crippen LogP contribution < -0.4 is 16.0 Å². The van der Waals surface area contributed by atoms with E-state index < -0.39 is 5.76 Å². The molecule has 1 amide bonds. The largest absolute Gasteiger partial charge is 0.420 e. The van der Waals surface area contributed by atoms with Gasteiger partial charge in [0, 0.05) is 17.6 Å². The molecular weight excluding hydrogens is 414 g/mol. The number of rotatable bonds is 4. The highest BCUT2D eigenvalue weighted by atomic mass is 79.9. The number of ether oxygens (including phenoxy) is 1. The number of halogens is 1.